The highest BCUT2D eigenvalue weighted by atomic mass is 19.1. The first-order valence-electron chi connectivity index (χ1n) is 5.56. The standard InChI is InChI=1S/C12H17FN2O2/c1-2-6-17-7-5-12(16)15-9-3-4-10(13)11(14)8-9/h3-4,8H,2,5-7,14H2,1H3,(H,15,16). The molecule has 17 heavy (non-hydrogen) atoms. The van der Waals surface area contributed by atoms with Crippen molar-refractivity contribution in [1.29, 1.82) is 0 Å². The van der Waals surface area contributed by atoms with Gasteiger partial charge in [-0.3, -0.25) is 4.79 Å². The van der Waals surface area contributed by atoms with E-state index in [9.17, 15) is 9.18 Å². The minimum atomic E-state index is -0.491. The summed E-state index contributed by atoms with van der Waals surface area (Å²) in [5, 5.41) is 2.62. The highest BCUT2D eigenvalue weighted by molar-refractivity contribution is 5.91. The molecule has 0 saturated heterocycles. The van der Waals surface area contributed by atoms with Crippen LogP contribution in [-0.2, 0) is 9.53 Å². The first kappa shape index (κ1) is 13.4. The van der Waals surface area contributed by atoms with E-state index in [1.54, 1.807) is 0 Å². The van der Waals surface area contributed by atoms with E-state index in [4.69, 9.17) is 10.5 Å². The molecule has 0 aliphatic carbocycles. The number of ether oxygens (including phenoxy) is 1. The minimum Gasteiger partial charge on any atom is -0.396 e. The van der Waals surface area contributed by atoms with Gasteiger partial charge in [-0.1, -0.05) is 6.92 Å². The van der Waals surface area contributed by atoms with E-state index < -0.39 is 5.82 Å². The van der Waals surface area contributed by atoms with Crippen molar-refractivity contribution in [2.75, 3.05) is 24.3 Å². The molecule has 1 amide bonds. The second-order valence-corrected chi connectivity index (χ2v) is 3.65. The molecular weight excluding hydrogens is 223 g/mol. The Morgan fingerprint density at radius 2 is 2.24 bits per heavy atom. The van der Waals surface area contributed by atoms with Crippen LogP contribution in [0.15, 0.2) is 18.2 Å². The van der Waals surface area contributed by atoms with E-state index in [1.165, 1.54) is 18.2 Å². The number of nitrogens with two attached hydrogens (primary N) is 1. The second kappa shape index (κ2) is 6.85. The molecule has 4 nitrogen and oxygen atoms in total. The van der Waals surface area contributed by atoms with E-state index in [-0.39, 0.29) is 18.0 Å². The monoisotopic (exact) mass is 240 g/mol. The Balaban J connectivity index is 2.37. The Bertz CT molecular complexity index is 383. The topological polar surface area (TPSA) is 64.3 Å². The zero-order valence-electron chi connectivity index (χ0n) is 9.83. The van der Waals surface area contributed by atoms with Crippen LogP contribution in [0.3, 0.4) is 0 Å². The third kappa shape index (κ3) is 4.82. The maximum absolute atomic E-state index is 12.9. The van der Waals surface area contributed by atoms with Gasteiger partial charge >= 0.3 is 0 Å². The number of carbonyl (C=O) groups excluding carboxylic acids is 1. The van der Waals surface area contributed by atoms with Crippen LogP contribution in [0.5, 0.6) is 0 Å². The van der Waals surface area contributed by atoms with Crippen molar-refractivity contribution in [1.82, 2.24) is 0 Å². The largest absolute Gasteiger partial charge is 0.396 e. The SMILES string of the molecule is CCCOCCC(=O)Nc1ccc(F)c(N)c1. The fraction of sp³-hybridized carbons (Fsp3) is 0.417. The van der Waals surface area contributed by atoms with Crippen LogP contribution < -0.4 is 11.1 Å². The quantitative estimate of drug-likeness (QED) is 0.591. The van der Waals surface area contributed by atoms with Crippen LogP contribution in [-0.4, -0.2) is 19.1 Å². The molecule has 3 N–H and O–H groups in total. The third-order valence-electron chi connectivity index (χ3n) is 2.10. The minimum absolute atomic E-state index is 0.0185. The molecule has 0 bridgehead atoms. The maximum Gasteiger partial charge on any atom is 0.226 e. The Labute approximate surface area is 100.0 Å². The van der Waals surface area contributed by atoms with Crippen molar-refractivity contribution in [3.05, 3.63) is 24.0 Å². The molecule has 0 saturated carbocycles. The molecule has 0 heterocycles. The number of anilines is 2. The predicted octanol–water partition coefficient (Wildman–Crippen LogP) is 2.16. The number of amides is 1. The number of hydrogen-bond acceptors (Lipinski definition) is 3. The summed E-state index contributed by atoms with van der Waals surface area (Å²) in [5.74, 6) is -0.665. The molecule has 0 fully saturated rings. The molecule has 1 rings (SSSR count). The van der Waals surface area contributed by atoms with Gasteiger partial charge in [-0.15, -0.1) is 0 Å². The average molecular weight is 240 g/mol. The third-order valence-corrected chi connectivity index (χ3v) is 2.10. The summed E-state index contributed by atoms with van der Waals surface area (Å²) in [5.41, 5.74) is 5.89. The van der Waals surface area contributed by atoms with Crippen LogP contribution in [0, 0.1) is 5.82 Å². The van der Waals surface area contributed by atoms with Crippen molar-refractivity contribution in [2.24, 2.45) is 0 Å². The van der Waals surface area contributed by atoms with Gasteiger partial charge in [0.1, 0.15) is 5.82 Å². The van der Waals surface area contributed by atoms with Crippen molar-refractivity contribution >= 4 is 17.3 Å². The smallest absolute Gasteiger partial charge is 0.226 e. The fourth-order valence-electron chi connectivity index (χ4n) is 1.26. The van der Waals surface area contributed by atoms with Crippen LogP contribution in [0.1, 0.15) is 19.8 Å². The van der Waals surface area contributed by atoms with E-state index in [1.807, 2.05) is 6.92 Å². The number of nitrogens with one attached hydrogen (secondary N) is 1. The summed E-state index contributed by atoms with van der Waals surface area (Å²) >= 11 is 0. The van der Waals surface area contributed by atoms with Crippen molar-refractivity contribution in [3.8, 4) is 0 Å². The number of halogens is 1. The molecular formula is C12H17FN2O2. The van der Waals surface area contributed by atoms with Crippen molar-refractivity contribution in [2.45, 2.75) is 19.8 Å². The van der Waals surface area contributed by atoms with Crippen LogP contribution in [0.25, 0.3) is 0 Å². The molecule has 5 heteroatoms. The Kier molecular flexibility index (Phi) is 5.42. The molecule has 0 aromatic heterocycles. The van der Waals surface area contributed by atoms with Gasteiger partial charge in [-0.05, 0) is 24.6 Å². The Morgan fingerprint density at radius 3 is 2.88 bits per heavy atom. The fourth-order valence-corrected chi connectivity index (χ4v) is 1.26. The van der Waals surface area contributed by atoms with E-state index in [0.29, 0.717) is 18.9 Å². The van der Waals surface area contributed by atoms with E-state index in [0.717, 1.165) is 6.42 Å². The number of carbonyl (C=O) groups is 1. The molecule has 1 aromatic carbocycles. The number of rotatable bonds is 6. The predicted molar refractivity (Wildman–Crippen MR) is 65.2 cm³/mol. The van der Waals surface area contributed by atoms with Gasteiger partial charge in [0.05, 0.1) is 18.7 Å². The second-order valence-electron chi connectivity index (χ2n) is 3.65. The summed E-state index contributed by atoms with van der Waals surface area (Å²) < 4.78 is 18.1. The van der Waals surface area contributed by atoms with Crippen LogP contribution in [0.2, 0.25) is 0 Å². The lowest BCUT2D eigenvalue weighted by Gasteiger charge is -2.06. The van der Waals surface area contributed by atoms with Gasteiger partial charge in [-0.2, -0.15) is 0 Å². The molecule has 0 aliphatic rings. The summed E-state index contributed by atoms with van der Waals surface area (Å²) in [6, 6.07) is 4.08. The summed E-state index contributed by atoms with van der Waals surface area (Å²) in [6.45, 7) is 3.04. The molecule has 0 spiro atoms. The van der Waals surface area contributed by atoms with Gasteiger partial charge < -0.3 is 15.8 Å². The maximum atomic E-state index is 12.9. The Morgan fingerprint density at radius 1 is 1.47 bits per heavy atom. The molecule has 0 atom stereocenters. The highest BCUT2D eigenvalue weighted by Crippen LogP contribution is 2.16. The van der Waals surface area contributed by atoms with Gasteiger partial charge in [0.15, 0.2) is 0 Å². The summed E-state index contributed by atoms with van der Waals surface area (Å²) in [4.78, 5) is 11.4. The lowest BCUT2D eigenvalue weighted by molar-refractivity contribution is -0.117. The van der Waals surface area contributed by atoms with E-state index in [2.05, 4.69) is 5.32 Å². The highest BCUT2D eigenvalue weighted by Gasteiger charge is 2.04. The number of benzene rings is 1. The van der Waals surface area contributed by atoms with Gasteiger partial charge in [-0.25, -0.2) is 4.39 Å². The van der Waals surface area contributed by atoms with Crippen molar-refractivity contribution < 1.29 is 13.9 Å². The molecule has 0 aliphatic heterocycles. The van der Waals surface area contributed by atoms with Gasteiger partial charge in [0, 0.05) is 12.3 Å². The molecule has 0 radical (unpaired) electrons. The average Bonchev–Trinajstić information content (AvgIpc) is 2.30. The van der Waals surface area contributed by atoms with E-state index >= 15 is 0 Å². The zero-order chi connectivity index (χ0) is 12.7. The first-order chi connectivity index (χ1) is 8.13. The van der Waals surface area contributed by atoms with Crippen LogP contribution >= 0.6 is 0 Å². The lowest BCUT2D eigenvalue weighted by atomic mass is 10.2. The van der Waals surface area contributed by atoms with Gasteiger partial charge in [0.25, 0.3) is 0 Å². The Hall–Kier alpha value is -1.62. The first-order valence-corrected chi connectivity index (χ1v) is 5.56. The molecule has 1 aromatic rings. The van der Waals surface area contributed by atoms with Crippen LogP contribution in [0.4, 0.5) is 15.8 Å². The number of hydrogen-bond donors (Lipinski definition) is 2. The van der Waals surface area contributed by atoms with Crippen molar-refractivity contribution in [3.63, 3.8) is 0 Å². The lowest BCUT2D eigenvalue weighted by Crippen LogP contribution is -2.14. The summed E-state index contributed by atoms with van der Waals surface area (Å²) in [6.07, 6.45) is 1.20. The molecule has 0 unspecified atom stereocenters. The molecule has 94 valence electrons. The number of nitrogen functional groups attached to an aromatic ring is 1. The normalized spacial score (nSPS) is 10.2. The zero-order valence-corrected chi connectivity index (χ0v) is 9.83. The summed E-state index contributed by atoms with van der Waals surface area (Å²) in [7, 11) is 0. The van der Waals surface area contributed by atoms with Gasteiger partial charge in [0.2, 0.25) is 5.91 Å².